The van der Waals surface area contributed by atoms with Crippen LogP contribution in [0.4, 0.5) is 4.39 Å². The van der Waals surface area contributed by atoms with Crippen LogP contribution in [0.5, 0.6) is 0 Å². The number of hydrazone groups is 1. The summed E-state index contributed by atoms with van der Waals surface area (Å²) in [6.07, 6.45) is 0.367. The maximum absolute atomic E-state index is 14.4. The van der Waals surface area contributed by atoms with Crippen LogP contribution in [0, 0.1) is 5.82 Å². The van der Waals surface area contributed by atoms with E-state index in [1.165, 1.54) is 12.1 Å². The number of nitrogens with one attached hydrogen (secondary N) is 2. The lowest BCUT2D eigenvalue weighted by atomic mass is 9.96. The third kappa shape index (κ3) is 5.45. The van der Waals surface area contributed by atoms with Crippen LogP contribution < -0.4 is 10.1 Å². The van der Waals surface area contributed by atoms with Gasteiger partial charge in [-0.15, -0.1) is 0 Å². The van der Waals surface area contributed by atoms with E-state index in [1.807, 2.05) is 12.1 Å². The van der Waals surface area contributed by atoms with Crippen molar-refractivity contribution >= 4 is 62.1 Å². The number of hydrogen-bond acceptors (Lipinski definition) is 4. The lowest BCUT2D eigenvalue weighted by Crippen LogP contribution is -2.34. The van der Waals surface area contributed by atoms with E-state index >= 15 is 0 Å². The topological polar surface area (TPSA) is 70.6 Å². The number of hydrogen-bond donors (Lipinski definition) is 2. The van der Waals surface area contributed by atoms with Gasteiger partial charge in [-0.25, -0.2) is 12.8 Å². The zero-order valence-corrected chi connectivity index (χ0v) is 20.5. The van der Waals surface area contributed by atoms with Crippen LogP contribution in [-0.2, 0) is 10.0 Å². The van der Waals surface area contributed by atoms with Gasteiger partial charge in [-0.1, -0.05) is 64.6 Å². The van der Waals surface area contributed by atoms with Crippen LogP contribution >= 0.6 is 46.4 Å². The van der Waals surface area contributed by atoms with Gasteiger partial charge in [-0.05, 0) is 53.6 Å². The Bertz CT molecular complexity index is 1330. The summed E-state index contributed by atoms with van der Waals surface area (Å²) >= 11 is 24.3. The molecular formula is C22H16Cl4FN3O2S. The monoisotopic (exact) mass is 545 g/mol. The average molecular weight is 547 g/mol. The Labute approximate surface area is 210 Å². The maximum Gasteiger partial charge on any atom is 0.244 e. The van der Waals surface area contributed by atoms with E-state index in [0.717, 1.165) is 17.7 Å². The quantitative estimate of drug-likeness (QED) is 0.368. The highest BCUT2D eigenvalue weighted by Gasteiger charge is 2.33. The van der Waals surface area contributed by atoms with E-state index in [4.69, 9.17) is 46.4 Å². The van der Waals surface area contributed by atoms with Crippen molar-refractivity contribution in [1.29, 1.82) is 0 Å². The third-order valence-electron chi connectivity index (χ3n) is 5.11. The van der Waals surface area contributed by atoms with Gasteiger partial charge in [0.1, 0.15) is 10.7 Å². The molecule has 0 amide bonds. The largest absolute Gasteiger partial charge is 0.302 e. The predicted octanol–water partition coefficient (Wildman–Crippen LogP) is 6.55. The Morgan fingerprint density at radius 1 is 0.939 bits per heavy atom. The molecule has 0 bridgehead atoms. The zero-order valence-electron chi connectivity index (χ0n) is 16.7. The van der Waals surface area contributed by atoms with Crippen LogP contribution in [0.15, 0.2) is 70.7 Å². The summed E-state index contributed by atoms with van der Waals surface area (Å²) in [5.41, 5.74) is 4.82. The second-order valence-corrected chi connectivity index (χ2v) is 10.7. The van der Waals surface area contributed by atoms with Gasteiger partial charge >= 0.3 is 0 Å². The van der Waals surface area contributed by atoms with Gasteiger partial charge in [0.25, 0.3) is 0 Å². The maximum atomic E-state index is 14.4. The van der Waals surface area contributed by atoms with Crippen molar-refractivity contribution in [3.63, 3.8) is 0 Å². The highest BCUT2D eigenvalue weighted by Crippen LogP contribution is 2.34. The van der Waals surface area contributed by atoms with Crippen LogP contribution in [0.1, 0.15) is 29.6 Å². The van der Waals surface area contributed by atoms with E-state index in [0.29, 0.717) is 27.7 Å². The highest BCUT2D eigenvalue weighted by atomic mass is 35.5. The van der Waals surface area contributed by atoms with Crippen LogP contribution in [0.2, 0.25) is 20.1 Å². The molecule has 1 heterocycles. The fourth-order valence-electron chi connectivity index (χ4n) is 3.48. The molecule has 3 aromatic rings. The summed E-state index contributed by atoms with van der Waals surface area (Å²) in [5.74, 6) is -0.932. The van der Waals surface area contributed by atoms with Gasteiger partial charge in [0.15, 0.2) is 0 Å². The van der Waals surface area contributed by atoms with Crippen molar-refractivity contribution in [1.82, 2.24) is 10.1 Å². The number of benzene rings is 3. The minimum Gasteiger partial charge on any atom is -0.302 e. The van der Waals surface area contributed by atoms with E-state index < -0.39 is 26.8 Å². The molecule has 1 aliphatic heterocycles. The van der Waals surface area contributed by atoms with Crippen molar-refractivity contribution < 1.29 is 12.8 Å². The second kappa shape index (κ2) is 9.78. The molecule has 0 saturated heterocycles. The van der Waals surface area contributed by atoms with Crippen molar-refractivity contribution in [2.45, 2.75) is 23.4 Å². The van der Waals surface area contributed by atoms with Gasteiger partial charge in [0.05, 0.1) is 17.8 Å². The minimum absolute atomic E-state index is 0.0838. The molecule has 0 aliphatic carbocycles. The molecule has 0 saturated carbocycles. The molecule has 2 N–H and O–H groups in total. The predicted molar refractivity (Wildman–Crippen MR) is 130 cm³/mol. The highest BCUT2D eigenvalue weighted by molar-refractivity contribution is 7.89. The lowest BCUT2D eigenvalue weighted by molar-refractivity contribution is 0.553. The summed E-state index contributed by atoms with van der Waals surface area (Å²) in [5, 5.41) is 5.67. The molecule has 172 valence electrons. The first-order chi connectivity index (χ1) is 15.6. The summed E-state index contributed by atoms with van der Waals surface area (Å²) in [6.45, 7) is 0. The molecule has 0 radical (unpaired) electrons. The molecule has 2 atom stereocenters. The zero-order chi connectivity index (χ0) is 23.8. The minimum atomic E-state index is -4.34. The van der Waals surface area contributed by atoms with E-state index in [9.17, 15) is 12.8 Å². The van der Waals surface area contributed by atoms with Crippen LogP contribution in [-0.4, -0.2) is 14.1 Å². The first kappa shape index (κ1) is 24.3. The summed E-state index contributed by atoms with van der Waals surface area (Å²) < 4.78 is 43.2. The number of halogens is 5. The SMILES string of the molecule is O=S(=O)(NC(C1=NNC(c2ccc(Cl)cc2)C1)c1ccc(Cl)cc1Cl)c1cc(Cl)ccc1F. The molecular weight excluding hydrogens is 531 g/mol. The molecule has 0 aromatic heterocycles. The van der Waals surface area contributed by atoms with Crippen molar-refractivity contribution in [3.05, 3.63) is 97.7 Å². The fourth-order valence-corrected chi connectivity index (χ4v) is 5.67. The molecule has 4 rings (SSSR count). The first-order valence-electron chi connectivity index (χ1n) is 9.64. The standard InChI is InChI=1S/C22H16Cl4FN3O2S/c23-13-3-1-12(2-4-13)19-11-20(29-28-19)22(16-7-5-14(24)9-17(16)26)30-33(31,32)21-10-15(25)6-8-18(21)27/h1-10,19,22,28,30H,11H2. The fraction of sp³-hybridized carbons (Fsp3) is 0.136. The number of sulfonamides is 1. The Balaban J connectivity index is 1.70. The molecule has 5 nitrogen and oxygen atoms in total. The van der Waals surface area contributed by atoms with Crippen molar-refractivity contribution in [3.8, 4) is 0 Å². The van der Waals surface area contributed by atoms with E-state index in [-0.39, 0.29) is 16.1 Å². The second-order valence-electron chi connectivity index (χ2n) is 7.34. The van der Waals surface area contributed by atoms with E-state index in [1.54, 1.807) is 24.3 Å². The lowest BCUT2D eigenvalue weighted by Gasteiger charge is -2.21. The Hall–Kier alpha value is -1.87. The van der Waals surface area contributed by atoms with Gasteiger partial charge in [-0.2, -0.15) is 9.82 Å². The normalized spacial score (nSPS) is 16.9. The average Bonchev–Trinajstić information content (AvgIpc) is 3.25. The van der Waals surface area contributed by atoms with E-state index in [2.05, 4.69) is 15.2 Å². The molecule has 3 aromatic carbocycles. The van der Waals surface area contributed by atoms with Crippen LogP contribution in [0.3, 0.4) is 0 Å². The van der Waals surface area contributed by atoms with Gasteiger partial charge in [0.2, 0.25) is 10.0 Å². The van der Waals surface area contributed by atoms with Crippen molar-refractivity contribution in [2.24, 2.45) is 5.10 Å². The van der Waals surface area contributed by atoms with Gasteiger partial charge < -0.3 is 5.43 Å². The molecule has 2 unspecified atom stereocenters. The number of nitrogens with zero attached hydrogens (tertiary/aromatic N) is 1. The summed E-state index contributed by atoms with van der Waals surface area (Å²) in [6, 6.07) is 14.0. The smallest absolute Gasteiger partial charge is 0.244 e. The summed E-state index contributed by atoms with van der Waals surface area (Å²) in [7, 11) is -4.34. The molecule has 11 heteroatoms. The Morgan fingerprint density at radius 2 is 1.58 bits per heavy atom. The van der Waals surface area contributed by atoms with Crippen LogP contribution in [0.25, 0.3) is 0 Å². The third-order valence-corrected chi connectivity index (χ3v) is 7.60. The number of rotatable bonds is 6. The molecule has 0 fully saturated rings. The Kier molecular flexibility index (Phi) is 7.19. The molecule has 33 heavy (non-hydrogen) atoms. The van der Waals surface area contributed by atoms with Gasteiger partial charge in [0, 0.05) is 26.5 Å². The van der Waals surface area contributed by atoms with Gasteiger partial charge in [-0.3, -0.25) is 0 Å². The first-order valence-corrected chi connectivity index (χ1v) is 12.6. The molecule has 0 spiro atoms. The van der Waals surface area contributed by atoms with Crippen molar-refractivity contribution in [2.75, 3.05) is 0 Å². The summed E-state index contributed by atoms with van der Waals surface area (Å²) in [4.78, 5) is -0.578. The molecule has 1 aliphatic rings. The Morgan fingerprint density at radius 3 is 2.27 bits per heavy atom.